The first-order chi connectivity index (χ1) is 9.78. The van der Waals surface area contributed by atoms with Gasteiger partial charge in [0.2, 0.25) is 0 Å². The second-order valence-corrected chi connectivity index (χ2v) is 6.32. The molecule has 3 rings (SSSR count). The fourth-order valence-corrected chi connectivity index (χ4v) is 3.02. The minimum absolute atomic E-state index is 0.743. The highest BCUT2D eigenvalue weighted by Gasteiger charge is 2.20. The Bertz CT molecular complexity index is 568. The van der Waals surface area contributed by atoms with Crippen molar-refractivity contribution in [2.75, 3.05) is 0 Å². The van der Waals surface area contributed by atoms with E-state index in [1.165, 1.54) is 29.2 Å². The molecule has 1 aliphatic carbocycles. The maximum Gasteiger partial charge on any atom is 0.107 e. The van der Waals surface area contributed by atoms with E-state index in [2.05, 4.69) is 40.4 Å². The van der Waals surface area contributed by atoms with Crippen molar-refractivity contribution in [2.24, 2.45) is 0 Å². The lowest BCUT2D eigenvalue weighted by molar-refractivity contribution is 0.627. The summed E-state index contributed by atoms with van der Waals surface area (Å²) in [5.41, 5.74) is 3.60. The summed E-state index contributed by atoms with van der Waals surface area (Å²) < 4.78 is 2.10. The van der Waals surface area contributed by atoms with Crippen molar-refractivity contribution in [3.63, 3.8) is 0 Å². The fraction of sp³-hybridized carbons (Fsp3) is 0.600. The molecular weight excluding hydrogens is 268 g/mol. The third-order valence-corrected chi connectivity index (χ3v) is 4.57. The third-order valence-electron chi connectivity index (χ3n) is 3.67. The second kappa shape index (κ2) is 6.06. The van der Waals surface area contributed by atoms with Gasteiger partial charge in [-0.3, -0.25) is 4.68 Å². The van der Waals surface area contributed by atoms with Crippen LogP contribution in [0, 0.1) is 0 Å². The highest BCUT2D eigenvalue weighted by atomic mass is 32.1. The monoisotopic (exact) mass is 290 g/mol. The average Bonchev–Trinajstić information content (AvgIpc) is 3.05. The Morgan fingerprint density at radius 1 is 1.30 bits per heavy atom. The van der Waals surface area contributed by atoms with Gasteiger partial charge in [-0.05, 0) is 31.7 Å². The summed E-state index contributed by atoms with van der Waals surface area (Å²) in [4.78, 5) is 4.71. The average molecular weight is 290 g/mol. The van der Waals surface area contributed by atoms with Gasteiger partial charge in [-0.15, -0.1) is 11.3 Å². The standard InChI is InChI=1S/C15H22N4S/c1-3-11-7-14(4-2)19(18-11)9-13-10-20-15(17-13)8-16-12-5-6-12/h7,10,12,16H,3-6,8-9H2,1-2H3. The molecule has 2 aromatic rings. The van der Waals surface area contributed by atoms with E-state index in [0.29, 0.717) is 0 Å². The van der Waals surface area contributed by atoms with Crippen molar-refractivity contribution >= 4 is 11.3 Å². The van der Waals surface area contributed by atoms with Crippen LogP contribution in [0.4, 0.5) is 0 Å². The number of aromatic nitrogens is 3. The normalized spacial score (nSPS) is 14.9. The van der Waals surface area contributed by atoms with Crippen LogP contribution >= 0.6 is 11.3 Å². The van der Waals surface area contributed by atoms with Crippen LogP contribution in [0.1, 0.15) is 48.8 Å². The van der Waals surface area contributed by atoms with Gasteiger partial charge in [-0.25, -0.2) is 4.98 Å². The molecule has 1 saturated carbocycles. The molecule has 1 aliphatic rings. The van der Waals surface area contributed by atoms with E-state index < -0.39 is 0 Å². The molecule has 2 aromatic heterocycles. The number of nitrogens with zero attached hydrogens (tertiary/aromatic N) is 3. The SMILES string of the molecule is CCc1cc(CC)n(Cc2csc(CNC3CC3)n2)n1. The van der Waals surface area contributed by atoms with E-state index in [1.54, 1.807) is 11.3 Å². The van der Waals surface area contributed by atoms with E-state index in [4.69, 9.17) is 4.98 Å². The fourth-order valence-electron chi connectivity index (χ4n) is 2.28. The molecule has 0 amide bonds. The van der Waals surface area contributed by atoms with E-state index in [1.807, 2.05) is 0 Å². The van der Waals surface area contributed by atoms with Crippen LogP contribution in [-0.2, 0) is 25.9 Å². The van der Waals surface area contributed by atoms with Crippen LogP contribution in [0.15, 0.2) is 11.4 Å². The predicted octanol–water partition coefficient (Wildman–Crippen LogP) is 2.76. The lowest BCUT2D eigenvalue weighted by Gasteiger charge is -2.03. The molecule has 0 atom stereocenters. The zero-order chi connectivity index (χ0) is 13.9. The van der Waals surface area contributed by atoms with Gasteiger partial charge in [-0.1, -0.05) is 13.8 Å². The molecule has 0 aliphatic heterocycles. The molecule has 1 N–H and O–H groups in total. The summed E-state index contributed by atoms with van der Waals surface area (Å²) in [7, 11) is 0. The summed E-state index contributed by atoms with van der Waals surface area (Å²) in [5, 5.41) is 11.5. The van der Waals surface area contributed by atoms with E-state index in [-0.39, 0.29) is 0 Å². The molecule has 0 unspecified atom stereocenters. The van der Waals surface area contributed by atoms with Crippen LogP contribution in [0.25, 0.3) is 0 Å². The number of thiazole rings is 1. The van der Waals surface area contributed by atoms with Gasteiger partial charge in [0.1, 0.15) is 5.01 Å². The Kier molecular flexibility index (Phi) is 4.17. The largest absolute Gasteiger partial charge is 0.308 e. The third kappa shape index (κ3) is 3.27. The zero-order valence-electron chi connectivity index (χ0n) is 12.2. The van der Waals surface area contributed by atoms with Crippen LogP contribution < -0.4 is 5.32 Å². The Morgan fingerprint density at radius 3 is 2.85 bits per heavy atom. The van der Waals surface area contributed by atoms with Gasteiger partial charge >= 0.3 is 0 Å². The van der Waals surface area contributed by atoms with Crippen molar-refractivity contribution < 1.29 is 0 Å². The van der Waals surface area contributed by atoms with Crippen LogP contribution in [0.2, 0.25) is 0 Å². The number of rotatable bonds is 7. The van der Waals surface area contributed by atoms with E-state index in [9.17, 15) is 0 Å². The number of hydrogen-bond donors (Lipinski definition) is 1. The van der Waals surface area contributed by atoms with E-state index >= 15 is 0 Å². The molecule has 0 bridgehead atoms. The van der Waals surface area contributed by atoms with E-state index in [0.717, 1.165) is 37.7 Å². The maximum absolute atomic E-state index is 4.71. The van der Waals surface area contributed by atoms with Crippen molar-refractivity contribution in [2.45, 2.75) is 58.7 Å². The predicted molar refractivity (Wildman–Crippen MR) is 82.1 cm³/mol. The molecule has 20 heavy (non-hydrogen) atoms. The number of nitrogens with one attached hydrogen (secondary N) is 1. The number of hydrogen-bond acceptors (Lipinski definition) is 4. The number of aryl methyl sites for hydroxylation is 2. The molecule has 0 aromatic carbocycles. The summed E-state index contributed by atoms with van der Waals surface area (Å²) >= 11 is 1.75. The minimum Gasteiger partial charge on any atom is -0.308 e. The van der Waals surface area contributed by atoms with Gasteiger partial charge in [0.05, 0.1) is 17.9 Å². The van der Waals surface area contributed by atoms with Crippen LogP contribution in [-0.4, -0.2) is 20.8 Å². The summed E-state index contributed by atoms with van der Waals surface area (Å²) in [5.74, 6) is 0. The van der Waals surface area contributed by atoms with Gasteiger partial charge in [0.15, 0.2) is 0 Å². The molecular formula is C15H22N4S. The van der Waals surface area contributed by atoms with Gasteiger partial charge in [0.25, 0.3) is 0 Å². The summed E-state index contributed by atoms with van der Waals surface area (Å²) in [6, 6.07) is 2.95. The Labute approximate surface area is 124 Å². The highest BCUT2D eigenvalue weighted by molar-refractivity contribution is 7.09. The van der Waals surface area contributed by atoms with Crippen molar-refractivity contribution in [1.29, 1.82) is 0 Å². The molecule has 108 valence electrons. The molecule has 2 heterocycles. The first-order valence-electron chi connectivity index (χ1n) is 7.50. The lowest BCUT2D eigenvalue weighted by atomic mass is 10.2. The van der Waals surface area contributed by atoms with Crippen molar-refractivity contribution in [3.05, 3.63) is 33.5 Å². The zero-order valence-corrected chi connectivity index (χ0v) is 13.0. The quantitative estimate of drug-likeness (QED) is 0.852. The minimum atomic E-state index is 0.743. The first-order valence-corrected chi connectivity index (χ1v) is 8.38. The maximum atomic E-state index is 4.71. The Morgan fingerprint density at radius 2 is 2.15 bits per heavy atom. The van der Waals surface area contributed by atoms with Crippen LogP contribution in [0.5, 0.6) is 0 Å². The first kappa shape index (κ1) is 13.8. The molecule has 0 radical (unpaired) electrons. The lowest BCUT2D eigenvalue weighted by Crippen LogP contribution is -2.15. The topological polar surface area (TPSA) is 42.7 Å². The Balaban J connectivity index is 1.65. The molecule has 1 fully saturated rings. The molecule has 0 spiro atoms. The summed E-state index contributed by atoms with van der Waals surface area (Å²) in [6.45, 7) is 6.04. The van der Waals surface area contributed by atoms with Crippen molar-refractivity contribution in [1.82, 2.24) is 20.1 Å². The molecule has 4 nitrogen and oxygen atoms in total. The molecule has 0 saturated heterocycles. The summed E-state index contributed by atoms with van der Waals surface area (Å²) in [6.07, 6.45) is 4.66. The smallest absolute Gasteiger partial charge is 0.107 e. The van der Waals surface area contributed by atoms with Crippen molar-refractivity contribution in [3.8, 4) is 0 Å². The van der Waals surface area contributed by atoms with Crippen LogP contribution in [0.3, 0.4) is 0 Å². The molecule has 5 heteroatoms. The van der Waals surface area contributed by atoms with Gasteiger partial charge in [0, 0.05) is 23.7 Å². The second-order valence-electron chi connectivity index (χ2n) is 5.38. The van der Waals surface area contributed by atoms with Gasteiger partial charge in [-0.2, -0.15) is 5.10 Å². The van der Waals surface area contributed by atoms with Gasteiger partial charge < -0.3 is 5.32 Å². The highest BCUT2D eigenvalue weighted by Crippen LogP contribution is 2.20. The Hall–Kier alpha value is -1.20.